The molecule has 0 radical (unpaired) electrons. The Labute approximate surface area is 68.6 Å². The van der Waals surface area contributed by atoms with E-state index in [9.17, 15) is 9.18 Å². The van der Waals surface area contributed by atoms with E-state index < -0.39 is 5.82 Å². The van der Waals surface area contributed by atoms with Gasteiger partial charge in [-0.3, -0.25) is 4.79 Å². The van der Waals surface area contributed by atoms with E-state index >= 15 is 0 Å². The number of aldehydes is 1. The van der Waals surface area contributed by atoms with Gasteiger partial charge in [-0.05, 0) is 18.2 Å². The van der Waals surface area contributed by atoms with Crippen molar-refractivity contribution in [1.29, 1.82) is 0 Å². The highest BCUT2D eigenvalue weighted by atomic mass is 19.1. The summed E-state index contributed by atoms with van der Waals surface area (Å²) < 4.78 is 12.5. The third kappa shape index (κ3) is 1.79. The Morgan fingerprint density at radius 1 is 1.50 bits per heavy atom. The molecule has 1 aromatic carbocycles. The standard InChI is InChI=1S/C8H7FO3/c1-11-12-8-3-2-7(9)4-6(8)5-10/h2-5H,1H3. The molecule has 4 heteroatoms. The van der Waals surface area contributed by atoms with Crippen molar-refractivity contribution >= 4 is 6.29 Å². The number of carbonyl (C=O) groups is 1. The Hall–Kier alpha value is -1.42. The van der Waals surface area contributed by atoms with Gasteiger partial charge in [0.1, 0.15) is 5.82 Å². The van der Waals surface area contributed by atoms with Gasteiger partial charge in [-0.2, -0.15) is 4.89 Å². The van der Waals surface area contributed by atoms with Crippen LogP contribution in [0.5, 0.6) is 5.75 Å². The minimum absolute atomic E-state index is 0.122. The van der Waals surface area contributed by atoms with Crippen molar-refractivity contribution in [3.63, 3.8) is 0 Å². The van der Waals surface area contributed by atoms with Gasteiger partial charge in [0.25, 0.3) is 0 Å². The molecule has 1 aromatic rings. The first-order valence-corrected chi connectivity index (χ1v) is 3.23. The Kier molecular flexibility index (Phi) is 2.76. The van der Waals surface area contributed by atoms with Gasteiger partial charge in [0, 0.05) is 0 Å². The van der Waals surface area contributed by atoms with Crippen molar-refractivity contribution in [1.82, 2.24) is 0 Å². The molecule has 0 fully saturated rings. The van der Waals surface area contributed by atoms with Crippen LogP contribution in [0.2, 0.25) is 0 Å². The van der Waals surface area contributed by atoms with Crippen LogP contribution in [-0.2, 0) is 4.89 Å². The van der Waals surface area contributed by atoms with Crippen molar-refractivity contribution < 1.29 is 19.0 Å². The topological polar surface area (TPSA) is 35.5 Å². The number of halogens is 1. The number of benzene rings is 1. The highest BCUT2D eigenvalue weighted by molar-refractivity contribution is 5.79. The minimum Gasteiger partial charge on any atom is -0.337 e. The van der Waals surface area contributed by atoms with Crippen LogP contribution in [0, 0.1) is 5.82 Å². The Balaban J connectivity index is 3.02. The number of hydrogen-bond acceptors (Lipinski definition) is 3. The first-order valence-electron chi connectivity index (χ1n) is 3.23. The van der Waals surface area contributed by atoms with E-state index in [1.807, 2.05) is 0 Å². The molecule has 0 aromatic heterocycles. The van der Waals surface area contributed by atoms with Crippen LogP contribution in [0.3, 0.4) is 0 Å². The molecule has 12 heavy (non-hydrogen) atoms. The summed E-state index contributed by atoms with van der Waals surface area (Å²) in [6.07, 6.45) is 0.497. The molecule has 0 atom stereocenters. The van der Waals surface area contributed by atoms with Gasteiger partial charge in [0.05, 0.1) is 12.7 Å². The van der Waals surface area contributed by atoms with Crippen molar-refractivity contribution in [2.45, 2.75) is 0 Å². The lowest BCUT2D eigenvalue weighted by atomic mass is 10.2. The van der Waals surface area contributed by atoms with E-state index in [0.717, 1.165) is 6.07 Å². The second kappa shape index (κ2) is 3.82. The van der Waals surface area contributed by atoms with E-state index in [-0.39, 0.29) is 11.3 Å². The van der Waals surface area contributed by atoms with Crippen LogP contribution < -0.4 is 4.89 Å². The maximum Gasteiger partial charge on any atom is 0.176 e. The summed E-state index contributed by atoms with van der Waals surface area (Å²) in [5.74, 6) is -0.283. The number of carbonyl (C=O) groups excluding carboxylic acids is 1. The summed E-state index contributed by atoms with van der Waals surface area (Å²) in [4.78, 5) is 19.3. The molecule has 0 bridgehead atoms. The van der Waals surface area contributed by atoms with Crippen LogP contribution in [0.25, 0.3) is 0 Å². The summed E-state index contributed by atoms with van der Waals surface area (Å²) >= 11 is 0. The smallest absolute Gasteiger partial charge is 0.176 e. The first-order chi connectivity index (χ1) is 5.77. The maximum atomic E-state index is 12.5. The van der Waals surface area contributed by atoms with Gasteiger partial charge in [-0.25, -0.2) is 4.39 Å². The van der Waals surface area contributed by atoms with E-state index in [1.165, 1.54) is 19.2 Å². The molecule has 0 aliphatic carbocycles. The molecular formula is C8H7FO3. The zero-order valence-corrected chi connectivity index (χ0v) is 6.41. The highest BCUT2D eigenvalue weighted by Gasteiger charge is 2.04. The van der Waals surface area contributed by atoms with Crippen molar-refractivity contribution in [2.24, 2.45) is 0 Å². The van der Waals surface area contributed by atoms with E-state index in [0.29, 0.717) is 6.29 Å². The van der Waals surface area contributed by atoms with Crippen LogP contribution in [-0.4, -0.2) is 13.4 Å². The summed E-state index contributed by atoms with van der Waals surface area (Å²) in [5.41, 5.74) is 0.122. The molecule has 0 aliphatic heterocycles. The molecule has 0 unspecified atom stereocenters. The molecule has 64 valence electrons. The number of hydrogen-bond donors (Lipinski definition) is 0. The molecule has 0 N–H and O–H groups in total. The fourth-order valence-corrected chi connectivity index (χ4v) is 0.777. The maximum absolute atomic E-state index is 12.5. The Bertz CT molecular complexity index is 286. The Morgan fingerprint density at radius 2 is 2.25 bits per heavy atom. The number of rotatable bonds is 3. The summed E-state index contributed by atoms with van der Waals surface area (Å²) in [6.45, 7) is 0. The quantitative estimate of drug-likeness (QED) is 0.392. The second-order valence-electron chi connectivity index (χ2n) is 2.05. The predicted molar refractivity (Wildman–Crippen MR) is 39.4 cm³/mol. The van der Waals surface area contributed by atoms with Crippen LogP contribution in [0.4, 0.5) is 4.39 Å². The average Bonchev–Trinajstić information content (AvgIpc) is 2.08. The lowest BCUT2D eigenvalue weighted by molar-refractivity contribution is -0.178. The minimum atomic E-state index is -0.486. The first kappa shape index (κ1) is 8.67. The zero-order chi connectivity index (χ0) is 8.97. The van der Waals surface area contributed by atoms with Crippen LogP contribution in [0.15, 0.2) is 18.2 Å². The largest absolute Gasteiger partial charge is 0.337 e. The lowest BCUT2D eigenvalue weighted by Gasteiger charge is -2.02. The summed E-state index contributed by atoms with van der Waals surface area (Å²) in [5, 5.41) is 0. The second-order valence-corrected chi connectivity index (χ2v) is 2.05. The van der Waals surface area contributed by atoms with Gasteiger partial charge in [0.15, 0.2) is 12.0 Å². The summed E-state index contributed by atoms with van der Waals surface area (Å²) in [6, 6.07) is 3.57. The Morgan fingerprint density at radius 3 is 2.83 bits per heavy atom. The monoisotopic (exact) mass is 170 g/mol. The molecule has 3 nitrogen and oxygen atoms in total. The van der Waals surface area contributed by atoms with Gasteiger partial charge < -0.3 is 4.89 Å². The van der Waals surface area contributed by atoms with Crippen LogP contribution in [0.1, 0.15) is 10.4 Å². The SMILES string of the molecule is COOc1ccc(F)cc1C=O. The molecule has 0 saturated heterocycles. The molecule has 0 spiro atoms. The van der Waals surface area contributed by atoms with Crippen LogP contribution >= 0.6 is 0 Å². The lowest BCUT2D eigenvalue weighted by Crippen LogP contribution is -1.95. The average molecular weight is 170 g/mol. The fourth-order valence-electron chi connectivity index (χ4n) is 0.777. The van der Waals surface area contributed by atoms with Gasteiger partial charge in [-0.15, -0.1) is 0 Å². The third-order valence-electron chi connectivity index (χ3n) is 1.27. The molecular weight excluding hydrogens is 163 g/mol. The zero-order valence-electron chi connectivity index (χ0n) is 6.41. The van der Waals surface area contributed by atoms with E-state index in [1.54, 1.807) is 0 Å². The van der Waals surface area contributed by atoms with Gasteiger partial charge >= 0.3 is 0 Å². The van der Waals surface area contributed by atoms with E-state index in [2.05, 4.69) is 9.78 Å². The predicted octanol–water partition coefficient (Wildman–Crippen LogP) is 1.58. The molecule has 0 saturated carbocycles. The normalized spacial score (nSPS) is 9.50. The highest BCUT2D eigenvalue weighted by Crippen LogP contribution is 2.17. The van der Waals surface area contributed by atoms with Crippen molar-refractivity contribution in [3.05, 3.63) is 29.6 Å². The van der Waals surface area contributed by atoms with E-state index in [4.69, 9.17) is 0 Å². The van der Waals surface area contributed by atoms with Crippen molar-refractivity contribution in [2.75, 3.05) is 7.11 Å². The summed E-state index contributed by atoms with van der Waals surface area (Å²) in [7, 11) is 1.30. The molecule has 0 heterocycles. The fraction of sp³-hybridized carbons (Fsp3) is 0.125. The van der Waals surface area contributed by atoms with Gasteiger partial charge in [0.2, 0.25) is 0 Å². The molecule has 0 amide bonds. The molecule has 0 aliphatic rings. The van der Waals surface area contributed by atoms with Crippen molar-refractivity contribution in [3.8, 4) is 5.75 Å². The third-order valence-corrected chi connectivity index (χ3v) is 1.27. The molecule has 1 rings (SSSR count). The van der Waals surface area contributed by atoms with Gasteiger partial charge in [-0.1, -0.05) is 0 Å².